The fourth-order valence-electron chi connectivity index (χ4n) is 1.72. The molecule has 1 atom stereocenters. The molecule has 6 heteroatoms. The van der Waals surface area contributed by atoms with Crippen molar-refractivity contribution >= 4 is 11.9 Å². The topological polar surface area (TPSA) is 73.9 Å². The summed E-state index contributed by atoms with van der Waals surface area (Å²) in [6.07, 6.45) is -0.545. The molecule has 0 saturated heterocycles. The number of hydrogen-bond acceptors (Lipinski definition) is 5. The van der Waals surface area contributed by atoms with Gasteiger partial charge in [0.2, 0.25) is 6.79 Å². The van der Waals surface area contributed by atoms with E-state index in [1.807, 2.05) is 12.1 Å². The van der Waals surface area contributed by atoms with Crippen LogP contribution in [0.15, 0.2) is 18.2 Å². The van der Waals surface area contributed by atoms with Crippen molar-refractivity contribution in [3.63, 3.8) is 0 Å². The zero-order valence-corrected chi connectivity index (χ0v) is 11.5. The van der Waals surface area contributed by atoms with Crippen molar-refractivity contribution in [1.82, 2.24) is 5.32 Å². The summed E-state index contributed by atoms with van der Waals surface area (Å²) in [6.45, 7) is 3.78. The number of esters is 1. The lowest BCUT2D eigenvalue weighted by Gasteiger charge is -2.13. The minimum Gasteiger partial charge on any atom is -0.454 e. The summed E-state index contributed by atoms with van der Waals surface area (Å²) >= 11 is 0. The van der Waals surface area contributed by atoms with Crippen LogP contribution < -0.4 is 14.8 Å². The monoisotopic (exact) mass is 279 g/mol. The van der Waals surface area contributed by atoms with E-state index in [1.54, 1.807) is 19.9 Å². The number of carbonyl (C=O) groups is 2. The molecule has 20 heavy (non-hydrogen) atoms. The van der Waals surface area contributed by atoms with Crippen molar-refractivity contribution in [3.8, 4) is 11.5 Å². The number of rotatable bonds is 5. The van der Waals surface area contributed by atoms with Crippen molar-refractivity contribution in [3.05, 3.63) is 23.8 Å². The first kappa shape index (κ1) is 14.2. The second-order valence-electron chi connectivity index (χ2n) is 4.39. The fourth-order valence-corrected chi connectivity index (χ4v) is 1.72. The molecule has 0 bridgehead atoms. The molecule has 0 unspecified atom stereocenters. The predicted molar refractivity (Wildman–Crippen MR) is 70.3 cm³/mol. The van der Waals surface area contributed by atoms with Crippen LogP contribution in [-0.4, -0.2) is 24.8 Å². The molecule has 1 aromatic carbocycles. The summed E-state index contributed by atoms with van der Waals surface area (Å²) in [4.78, 5) is 22.9. The molecule has 6 nitrogen and oxygen atoms in total. The molecule has 0 fully saturated rings. The summed E-state index contributed by atoms with van der Waals surface area (Å²) in [5.41, 5.74) is 0.886. The molecule has 0 aliphatic carbocycles. The lowest BCUT2D eigenvalue weighted by Crippen LogP contribution is -2.35. The quantitative estimate of drug-likeness (QED) is 0.824. The molecule has 1 aliphatic rings. The molecular formula is C14H17NO5. The van der Waals surface area contributed by atoms with Gasteiger partial charge in [-0.2, -0.15) is 0 Å². The van der Waals surface area contributed by atoms with Crippen LogP contribution in [0, 0.1) is 0 Å². The van der Waals surface area contributed by atoms with Gasteiger partial charge in [-0.15, -0.1) is 0 Å². The number of hydrogen-bond donors (Lipinski definition) is 1. The van der Waals surface area contributed by atoms with Gasteiger partial charge in [-0.3, -0.25) is 9.59 Å². The summed E-state index contributed by atoms with van der Waals surface area (Å²) in [7, 11) is 0. The molecule has 1 aliphatic heterocycles. The molecule has 0 aromatic heterocycles. The summed E-state index contributed by atoms with van der Waals surface area (Å²) in [5.74, 6) is 0.646. The molecular weight excluding hydrogens is 262 g/mol. The van der Waals surface area contributed by atoms with E-state index in [0.717, 1.165) is 5.56 Å². The Hall–Kier alpha value is -2.24. The second kappa shape index (κ2) is 6.27. The molecule has 1 aromatic rings. The van der Waals surface area contributed by atoms with Gasteiger partial charge in [-0.05, 0) is 24.6 Å². The Morgan fingerprint density at radius 1 is 1.35 bits per heavy atom. The van der Waals surface area contributed by atoms with E-state index in [2.05, 4.69) is 5.32 Å². The number of carbonyl (C=O) groups excluding carboxylic acids is 2. The van der Waals surface area contributed by atoms with E-state index < -0.39 is 12.1 Å². The average Bonchev–Trinajstić information content (AvgIpc) is 2.91. The zero-order valence-electron chi connectivity index (χ0n) is 11.5. The maximum absolute atomic E-state index is 11.8. The molecule has 1 N–H and O–H groups in total. The van der Waals surface area contributed by atoms with Crippen LogP contribution in [0.2, 0.25) is 0 Å². The van der Waals surface area contributed by atoms with Crippen LogP contribution >= 0.6 is 0 Å². The van der Waals surface area contributed by atoms with E-state index in [-0.39, 0.29) is 19.1 Å². The van der Waals surface area contributed by atoms with Crippen LogP contribution in [0.3, 0.4) is 0 Å². The number of fused-ring (bicyclic) bond motifs is 1. The first-order chi connectivity index (χ1) is 9.60. The summed E-state index contributed by atoms with van der Waals surface area (Å²) in [5, 5.41) is 2.71. The second-order valence-corrected chi connectivity index (χ2v) is 4.39. The largest absolute Gasteiger partial charge is 0.454 e. The highest BCUT2D eigenvalue weighted by atomic mass is 16.7. The van der Waals surface area contributed by atoms with Gasteiger partial charge in [0.1, 0.15) is 0 Å². The van der Waals surface area contributed by atoms with Crippen LogP contribution in [0.5, 0.6) is 11.5 Å². The molecule has 108 valence electrons. The maximum Gasteiger partial charge on any atom is 0.306 e. The number of amides is 1. The number of ether oxygens (including phenoxy) is 3. The van der Waals surface area contributed by atoms with Crippen molar-refractivity contribution in [2.75, 3.05) is 6.79 Å². The molecule has 1 amide bonds. The fraction of sp³-hybridized carbons (Fsp3) is 0.429. The van der Waals surface area contributed by atoms with Crippen LogP contribution in [0.4, 0.5) is 0 Å². The highest BCUT2D eigenvalue weighted by Gasteiger charge is 2.17. The zero-order chi connectivity index (χ0) is 14.5. The lowest BCUT2D eigenvalue weighted by molar-refractivity contribution is -0.154. The van der Waals surface area contributed by atoms with Gasteiger partial charge < -0.3 is 19.5 Å². The Morgan fingerprint density at radius 2 is 2.10 bits per heavy atom. The Labute approximate surface area is 117 Å². The van der Waals surface area contributed by atoms with Gasteiger partial charge in [0.05, 0.1) is 0 Å². The van der Waals surface area contributed by atoms with Crippen molar-refractivity contribution < 1.29 is 23.8 Å². The van der Waals surface area contributed by atoms with E-state index in [4.69, 9.17) is 14.2 Å². The van der Waals surface area contributed by atoms with E-state index in [9.17, 15) is 9.59 Å². The Kier molecular flexibility index (Phi) is 4.45. The smallest absolute Gasteiger partial charge is 0.306 e. The van der Waals surface area contributed by atoms with Crippen LogP contribution in [0.25, 0.3) is 0 Å². The van der Waals surface area contributed by atoms with Gasteiger partial charge in [-0.1, -0.05) is 13.0 Å². The molecule has 0 spiro atoms. The van der Waals surface area contributed by atoms with Crippen molar-refractivity contribution in [2.45, 2.75) is 32.9 Å². The van der Waals surface area contributed by atoms with Crippen LogP contribution in [0.1, 0.15) is 25.8 Å². The highest BCUT2D eigenvalue weighted by Crippen LogP contribution is 2.32. The van der Waals surface area contributed by atoms with Gasteiger partial charge in [0.15, 0.2) is 17.6 Å². The normalized spacial score (nSPS) is 13.7. The van der Waals surface area contributed by atoms with Gasteiger partial charge in [0.25, 0.3) is 5.91 Å². The first-order valence-corrected chi connectivity index (χ1v) is 6.46. The molecule has 0 saturated carbocycles. The third-order valence-electron chi connectivity index (χ3n) is 2.87. The Bertz CT molecular complexity index is 514. The van der Waals surface area contributed by atoms with Crippen molar-refractivity contribution in [2.24, 2.45) is 0 Å². The SMILES string of the molecule is CCC(=O)O[C@@H](C)C(=O)NCc1ccc2c(c1)OCO2. The third-order valence-corrected chi connectivity index (χ3v) is 2.87. The standard InChI is InChI=1S/C14H17NO5/c1-3-13(16)20-9(2)14(17)15-7-10-4-5-11-12(6-10)19-8-18-11/h4-6,9H,3,7-8H2,1-2H3,(H,15,17)/t9-/m0/s1. The van der Waals surface area contributed by atoms with Gasteiger partial charge in [0, 0.05) is 13.0 Å². The number of benzene rings is 1. The van der Waals surface area contributed by atoms with Crippen molar-refractivity contribution in [1.29, 1.82) is 0 Å². The molecule has 0 radical (unpaired) electrons. The third kappa shape index (κ3) is 3.40. The van der Waals surface area contributed by atoms with Gasteiger partial charge in [-0.25, -0.2) is 0 Å². The summed E-state index contributed by atoms with van der Waals surface area (Å²) < 4.78 is 15.4. The Morgan fingerprint density at radius 3 is 2.85 bits per heavy atom. The highest BCUT2D eigenvalue weighted by molar-refractivity contribution is 5.83. The summed E-state index contributed by atoms with van der Waals surface area (Å²) in [6, 6.07) is 5.45. The van der Waals surface area contributed by atoms with Gasteiger partial charge >= 0.3 is 5.97 Å². The lowest BCUT2D eigenvalue weighted by atomic mass is 10.2. The number of nitrogens with one attached hydrogen (secondary N) is 1. The van der Waals surface area contributed by atoms with E-state index >= 15 is 0 Å². The molecule has 1 heterocycles. The predicted octanol–water partition coefficient (Wildman–Crippen LogP) is 1.37. The van der Waals surface area contributed by atoms with Crippen LogP contribution in [-0.2, 0) is 20.9 Å². The first-order valence-electron chi connectivity index (χ1n) is 6.46. The van der Waals surface area contributed by atoms with E-state index in [0.29, 0.717) is 18.0 Å². The van der Waals surface area contributed by atoms with E-state index in [1.165, 1.54) is 0 Å². The Balaban J connectivity index is 1.85. The minimum absolute atomic E-state index is 0.217. The molecule has 2 rings (SSSR count). The average molecular weight is 279 g/mol. The minimum atomic E-state index is -0.795. The maximum atomic E-state index is 11.8.